The van der Waals surface area contributed by atoms with Crippen molar-refractivity contribution in [2.24, 2.45) is 0 Å². The Bertz CT molecular complexity index is 582. The third-order valence-corrected chi connectivity index (χ3v) is 8.10. The van der Waals surface area contributed by atoms with Crippen LogP contribution in [0.2, 0.25) is 0 Å². The first-order valence-electron chi connectivity index (χ1n) is 18.5. The van der Waals surface area contributed by atoms with Crippen LogP contribution in [0.5, 0.6) is 0 Å². The van der Waals surface area contributed by atoms with Crippen LogP contribution in [0.25, 0.3) is 0 Å². The Kier molecular flexibility index (Phi) is 43.9. The highest BCUT2D eigenvalue weighted by molar-refractivity contribution is 5.77. The summed E-state index contributed by atoms with van der Waals surface area (Å²) in [4.78, 5) is 24.0. The average molecular weight is 623 g/mol. The predicted molar refractivity (Wildman–Crippen MR) is 195 cm³/mol. The van der Waals surface area contributed by atoms with E-state index in [0.717, 1.165) is 25.7 Å². The van der Waals surface area contributed by atoms with Crippen molar-refractivity contribution in [1.29, 1.82) is 0 Å². The number of rotatable bonds is 33. The van der Waals surface area contributed by atoms with Crippen LogP contribution in [0.4, 0.5) is 0 Å². The van der Waals surface area contributed by atoms with Crippen LogP contribution < -0.4 is 22.9 Å². The highest BCUT2D eigenvalue weighted by Gasteiger charge is 2.03. The van der Waals surface area contributed by atoms with E-state index in [9.17, 15) is 9.59 Å². The molecular formula is C38H78N4O2. The molecule has 0 radical (unpaired) electrons. The molecule has 0 saturated carbocycles. The SMILES string of the molecule is CCCCCCCC/C=C\CCCCCCCC(=O)NCCNC(=O)CCCCCCC/C=C\CCCCCCCC.N.N. The molecule has 0 saturated heterocycles. The summed E-state index contributed by atoms with van der Waals surface area (Å²) in [6.45, 7) is 5.60. The zero-order valence-electron chi connectivity index (χ0n) is 29.8. The number of hydrogen-bond donors (Lipinski definition) is 4. The minimum Gasteiger partial charge on any atom is -0.354 e. The molecule has 6 nitrogen and oxygen atoms in total. The van der Waals surface area contributed by atoms with Crippen molar-refractivity contribution in [1.82, 2.24) is 22.9 Å². The van der Waals surface area contributed by atoms with Crippen LogP contribution in [-0.4, -0.2) is 24.9 Å². The summed E-state index contributed by atoms with van der Waals surface area (Å²) in [6.07, 6.45) is 43.6. The van der Waals surface area contributed by atoms with E-state index in [-0.39, 0.29) is 24.1 Å². The Hall–Kier alpha value is -1.66. The topological polar surface area (TPSA) is 128 Å². The fourth-order valence-electron chi connectivity index (χ4n) is 5.29. The fourth-order valence-corrected chi connectivity index (χ4v) is 5.29. The van der Waals surface area contributed by atoms with Crippen molar-refractivity contribution >= 4 is 11.8 Å². The summed E-state index contributed by atoms with van der Waals surface area (Å²) in [6, 6.07) is 0. The first-order chi connectivity index (χ1) is 20.7. The second-order valence-electron chi connectivity index (χ2n) is 12.4. The van der Waals surface area contributed by atoms with Gasteiger partial charge in [0.1, 0.15) is 0 Å². The molecule has 0 fully saturated rings. The lowest BCUT2D eigenvalue weighted by Gasteiger charge is -2.07. The third kappa shape index (κ3) is 40.3. The zero-order valence-corrected chi connectivity index (χ0v) is 29.8. The lowest BCUT2D eigenvalue weighted by atomic mass is 10.1. The van der Waals surface area contributed by atoms with E-state index in [1.807, 2.05) is 0 Å². The number of amides is 2. The zero-order chi connectivity index (χ0) is 30.6. The van der Waals surface area contributed by atoms with E-state index in [1.54, 1.807) is 0 Å². The molecule has 0 aromatic carbocycles. The van der Waals surface area contributed by atoms with Gasteiger partial charge in [0.25, 0.3) is 0 Å². The lowest BCUT2D eigenvalue weighted by Crippen LogP contribution is -2.34. The van der Waals surface area contributed by atoms with Crippen LogP contribution in [0.15, 0.2) is 24.3 Å². The molecule has 2 amide bonds. The molecule has 262 valence electrons. The molecule has 0 unspecified atom stereocenters. The molecule has 0 aromatic rings. The monoisotopic (exact) mass is 623 g/mol. The Morgan fingerprint density at radius 3 is 0.932 bits per heavy atom. The number of carbonyl (C=O) groups excluding carboxylic acids is 2. The maximum atomic E-state index is 12.0. The number of unbranched alkanes of at least 4 members (excludes halogenated alkanes) is 22. The van der Waals surface area contributed by atoms with Gasteiger partial charge in [-0.15, -0.1) is 0 Å². The van der Waals surface area contributed by atoms with Gasteiger partial charge >= 0.3 is 0 Å². The summed E-state index contributed by atoms with van der Waals surface area (Å²) < 4.78 is 0. The number of allylic oxidation sites excluding steroid dienone is 4. The van der Waals surface area contributed by atoms with Crippen molar-refractivity contribution in [3.05, 3.63) is 24.3 Å². The molecule has 0 aliphatic rings. The van der Waals surface area contributed by atoms with Crippen molar-refractivity contribution in [2.45, 2.75) is 194 Å². The van der Waals surface area contributed by atoms with Crippen LogP contribution in [0, 0.1) is 0 Å². The maximum Gasteiger partial charge on any atom is 0.220 e. The molecule has 0 atom stereocenters. The molecule has 0 bridgehead atoms. The van der Waals surface area contributed by atoms with Crippen LogP contribution in [0.3, 0.4) is 0 Å². The van der Waals surface area contributed by atoms with Crippen LogP contribution in [-0.2, 0) is 9.59 Å². The van der Waals surface area contributed by atoms with Crippen LogP contribution >= 0.6 is 0 Å². The molecule has 0 aliphatic carbocycles. The van der Waals surface area contributed by atoms with E-state index >= 15 is 0 Å². The average Bonchev–Trinajstić information content (AvgIpc) is 2.99. The van der Waals surface area contributed by atoms with E-state index in [4.69, 9.17) is 0 Å². The largest absolute Gasteiger partial charge is 0.354 e. The van der Waals surface area contributed by atoms with E-state index in [1.165, 1.54) is 141 Å². The minimum absolute atomic E-state index is 0. The second kappa shape index (κ2) is 41.3. The Balaban J connectivity index is -0.00000840. The number of hydrogen-bond acceptors (Lipinski definition) is 4. The third-order valence-electron chi connectivity index (χ3n) is 8.10. The summed E-state index contributed by atoms with van der Waals surface area (Å²) in [5, 5.41) is 5.88. The molecule has 0 aromatic heterocycles. The molecule has 0 aliphatic heterocycles. The van der Waals surface area contributed by atoms with E-state index in [2.05, 4.69) is 48.8 Å². The van der Waals surface area contributed by atoms with Gasteiger partial charge < -0.3 is 22.9 Å². The predicted octanol–water partition coefficient (Wildman–Crippen LogP) is 11.6. The minimum atomic E-state index is 0. The summed E-state index contributed by atoms with van der Waals surface area (Å²) in [7, 11) is 0. The van der Waals surface area contributed by atoms with Gasteiger partial charge in [0.05, 0.1) is 0 Å². The van der Waals surface area contributed by atoms with Gasteiger partial charge in [-0.3, -0.25) is 9.59 Å². The van der Waals surface area contributed by atoms with Crippen molar-refractivity contribution in [2.75, 3.05) is 13.1 Å². The van der Waals surface area contributed by atoms with Gasteiger partial charge in [0, 0.05) is 25.9 Å². The van der Waals surface area contributed by atoms with Crippen LogP contribution in [0.1, 0.15) is 194 Å². The summed E-state index contributed by atoms with van der Waals surface area (Å²) in [5.41, 5.74) is 0. The van der Waals surface area contributed by atoms with E-state index < -0.39 is 0 Å². The molecule has 6 heteroatoms. The maximum absolute atomic E-state index is 12.0. The molecular weight excluding hydrogens is 544 g/mol. The second-order valence-corrected chi connectivity index (χ2v) is 12.4. The molecule has 0 rings (SSSR count). The molecule has 44 heavy (non-hydrogen) atoms. The number of carbonyl (C=O) groups is 2. The van der Waals surface area contributed by atoms with Crippen molar-refractivity contribution in [3.63, 3.8) is 0 Å². The van der Waals surface area contributed by atoms with Crippen molar-refractivity contribution in [3.8, 4) is 0 Å². The van der Waals surface area contributed by atoms with Gasteiger partial charge in [-0.25, -0.2) is 0 Å². The summed E-state index contributed by atoms with van der Waals surface area (Å²) in [5.74, 6) is 0.221. The standard InChI is InChI=1S/C38H72N2O2.2H3N/c1-3-5-7-9-11-13-15-17-19-21-23-25-27-29-31-33-37(41)39-35-36-40-38(42)34-32-30-28-26-24-22-20-18-16-14-12-10-8-6-4-2;;/h17-20H,3-16,21-36H2,1-2H3,(H,39,41)(H,40,42);2*1H3/b19-17-,20-18-;;. The number of nitrogens with one attached hydrogen (secondary N) is 2. The smallest absolute Gasteiger partial charge is 0.220 e. The Morgan fingerprint density at radius 2 is 0.636 bits per heavy atom. The van der Waals surface area contributed by atoms with Gasteiger partial charge in [-0.2, -0.15) is 0 Å². The van der Waals surface area contributed by atoms with Gasteiger partial charge in [0.15, 0.2) is 0 Å². The highest BCUT2D eigenvalue weighted by Crippen LogP contribution is 2.11. The van der Waals surface area contributed by atoms with Gasteiger partial charge in [-0.05, 0) is 64.2 Å². The normalized spacial score (nSPS) is 11.0. The quantitative estimate of drug-likeness (QED) is 0.0428. The Morgan fingerprint density at radius 1 is 0.386 bits per heavy atom. The first kappa shape index (κ1) is 46.8. The summed E-state index contributed by atoms with van der Waals surface area (Å²) >= 11 is 0. The van der Waals surface area contributed by atoms with Crippen molar-refractivity contribution < 1.29 is 9.59 Å². The highest BCUT2D eigenvalue weighted by atomic mass is 16.2. The first-order valence-corrected chi connectivity index (χ1v) is 18.5. The fraction of sp³-hybridized carbons (Fsp3) is 0.842. The van der Waals surface area contributed by atoms with Gasteiger partial charge in [0.2, 0.25) is 11.8 Å². The molecule has 0 heterocycles. The lowest BCUT2D eigenvalue weighted by molar-refractivity contribution is -0.123. The van der Waals surface area contributed by atoms with E-state index in [0.29, 0.717) is 25.9 Å². The molecule has 8 N–H and O–H groups in total. The van der Waals surface area contributed by atoms with Gasteiger partial charge in [-0.1, -0.05) is 141 Å². The Labute approximate surface area is 275 Å². The molecule has 0 spiro atoms.